The molecule has 0 saturated heterocycles. The normalized spacial score (nSPS) is 17.4. The summed E-state index contributed by atoms with van der Waals surface area (Å²) >= 11 is 0. The predicted octanol–water partition coefficient (Wildman–Crippen LogP) is 2.50. The number of hydrogen-bond acceptors (Lipinski definition) is 8. The van der Waals surface area contributed by atoms with Gasteiger partial charge in [-0.15, -0.1) is 0 Å². The molecule has 30 heavy (non-hydrogen) atoms. The van der Waals surface area contributed by atoms with Crippen molar-refractivity contribution in [2.45, 2.75) is 37.9 Å². The maximum atomic E-state index is 13.4. The third-order valence-corrected chi connectivity index (χ3v) is 4.81. The lowest BCUT2D eigenvalue weighted by atomic mass is 9.97. The zero-order chi connectivity index (χ0) is 22.2. The number of alkyl halides is 3. The van der Waals surface area contributed by atoms with Crippen molar-refractivity contribution in [2.24, 2.45) is 4.99 Å². The van der Waals surface area contributed by atoms with Crippen LogP contribution >= 0.6 is 0 Å². The van der Waals surface area contributed by atoms with Gasteiger partial charge >= 0.3 is 6.18 Å². The van der Waals surface area contributed by atoms with E-state index in [0.29, 0.717) is 5.95 Å². The highest BCUT2D eigenvalue weighted by molar-refractivity contribution is 6.01. The van der Waals surface area contributed by atoms with E-state index in [4.69, 9.17) is 5.26 Å². The molecule has 0 saturated carbocycles. The number of rotatable bonds is 5. The number of aliphatic hydroxyl groups is 2. The van der Waals surface area contributed by atoms with Gasteiger partial charge in [-0.3, -0.25) is 0 Å². The summed E-state index contributed by atoms with van der Waals surface area (Å²) < 4.78 is 40.2. The highest BCUT2D eigenvalue weighted by Gasteiger charge is 2.54. The van der Waals surface area contributed by atoms with Gasteiger partial charge in [-0.05, 0) is 38.1 Å². The molecular formula is C19H19F3N6O2. The number of aromatic nitrogens is 2. The number of halogens is 3. The average molecular weight is 420 g/mol. The number of hydrogen-bond donors (Lipinski definition) is 3. The molecule has 0 atom stereocenters. The Kier molecular flexibility index (Phi) is 5.40. The highest BCUT2D eigenvalue weighted by atomic mass is 19.4. The fraction of sp³-hybridized carbons (Fsp3) is 0.368. The van der Waals surface area contributed by atoms with Gasteiger partial charge in [-0.1, -0.05) is 0 Å². The van der Waals surface area contributed by atoms with Gasteiger partial charge in [0.2, 0.25) is 5.95 Å². The minimum Gasteiger partial charge on any atom is -0.354 e. The number of nitrogens with one attached hydrogen (secondary N) is 1. The molecule has 1 aromatic carbocycles. The Bertz CT molecular complexity index is 1000. The van der Waals surface area contributed by atoms with Crippen LogP contribution in [0, 0.1) is 11.3 Å². The van der Waals surface area contributed by atoms with Crippen LogP contribution in [-0.2, 0) is 6.18 Å². The van der Waals surface area contributed by atoms with Gasteiger partial charge in [0, 0.05) is 31.0 Å². The Labute approximate surface area is 170 Å². The molecule has 0 fully saturated rings. The second kappa shape index (κ2) is 7.55. The Morgan fingerprint density at radius 3 is 2.47 bits per heavy atom. The molecule has 0 bridgehead atoms. The third kappa shape index (κ3) is 3.92. The van der Waals surface area contributed by atoms with Crippen LogP contribution in [0.25, 0.3) is 0 Å². The Balaban J connectivity index is 1.94. The molecule has 1 aliphatic heterocycles. The number of benzene rings is 1. The van der Waals surface area contributed by atoms with Gasteiger partial charge in [-0.2, -0.15) is 18.4 Å². The first-order chi connectivity index (χ1) is 14.0. The van der Waals surface area contributed by atoms with Gasteiger partial charge in [-0.25, -0.2) is 15.0 Å². The molecule has 0 unspecified atom stereocenters. The predicted molar refractivity (Wildman–Crippen MR) is 102 cm³/mol. The first kappa shape index (κ1) is 21.5. The molecule has 3 rings (SSSR count). The van der Waals surface area contributed by atoms with Gasteiger partial charge in [0.1, 0.15) is 11.4 Å². The minimum atomic E-state index is -4.75. The molecule has 0 aliphatic carbocycles. The SMILES string of the molecule is CC1(C)N(c2ccc(C#N)c(C(F)(F)F)c2)C(CCNc2ncccn2)=NC1(O)O. The van der Waals surface area contributed by atoms with E-state index in [0.717, 1.165) is 12.1 Å². The molecule has 3 N–H and O–H groups in total. The van der Waals surface area contributed by atoms with E-state index in [2.05, 4.69) is 20.3 Å². The lowest BCUT2D eigenvalue weighted by Crippen LogP contribution is -2.56. The van der Waals surface area contributed by atoms with Crippen LogP contribution < -0.4 is 10.2 Å². The van der Waals surface area contributed by atoms with Crippen molar-refractivity contribution >= 4 is 17.5 Å². The summed E-state index contributed by atoms with van der Waals surface area (Å²) in [7, 11) is 0. The average Bonchev–Trinajstić information content (AvgIpc) is 2.85. The van der Waals surface area contributed by atoms with Crippen LogP contribution in [-0.4, -0.2) is 44.0 Å². The van der Waals surface area contributed by atoms with E-state index in [-0.39, 0.29) is 24.5 Å². The number of anilines is 2. The molecule has 0 amide bonds. The van der Waals surface area contributed by atoms with Crippen molar-refractivity contribution in [3.63, 3.8) is 0 Å². The summed E-state index contributed by atoms with van der Waals surface area (Å²) in [6.45, 7) is 3.14. The third-order valence-electron chi connectivity index (χ3n) is 4.81. The van der Waals surface area contributed by atoms with Crippen LogP contribution in [0.3, 0.4) is 0 Å². The first-order valence-corrected chi connectivity index (χ1v) is 8.93. The van der Waals surface area contributed by atoms with Crippen LogP contribution in [0.4, 0.5) is 24.8 Å². The van der Waals surface area contributed by atoms with Crippen LogP contribution in [0.5, 0.6) is 0 Å². The van der Waals surface area contributed by atoms with Gasteiger partial charge in [0.25, 0.3) is 5.91 Å². The largest absolute Gasteiger partial charge is 0.417 e. The molecule has 2 aromatic rings. The van der Waals surface area contributed by atoms with E-state index >= 15 is 0 Å². The maximum Gasteiger partial charge on any atom is 0.417 e. The number of nitrogens with zero attached hydrogens (tertiary/aromatic N) is 5. The standard InChI is InChI=1S/C19H19F3N6O2/c1-17(2)19(29,30)27-15(6-9-26-16-24-7-3-8-25-16)28(17)13-5-4-12(11-23)14(10-13)18(20,21)22/h3-5,7-8,10,29-30H,6,9H2,1-2H3,(H,24,25,26). The van der Waals surface area contributed by atoms with E-state index in [1.807, 2.05) is 0 Å². The first-order valence-electron chi connectivity index (χ1n) is 8.93. The maximum absolute atomic E-state index is 13.4. The molecule has 158 valence electrons. The monoisotopic (exact) mass is 420 g/mol. The Morgan fingerprint density at radius 2 is 1.87 bits per heavy atom. The summed E-state index contributed by atoms with van der Waals surface area (Å²) in [5.41, 5.74) is -3.07. The Morgan fingerprint density at radius 1 is 1.20 bits per heavy atom. The molecule has 1 aliphatic rings. The lowest BCUT2D eigenvalue weighted by Gasteiger charge is -2.39. The molecular weight excluding hydrogens is 401 g/mol. The van der Waals surface area contributed by atoms with E-state index < -0.39 is 28.8 Å². The van der Waals surface area contributed by atoms with Gasteiger partial charge < -0.3 is 20.4 Å². The fourth-order valence-electron chi connectivity index (χ4n) is 3.16. The Hall–Kier alpha value is -3.23. The van der Waals surface area contributed by atoms with E-state index in [1.165, 1.54) is 30.9 Å². The summed E-state index contributed by atoms with van der Waals surface area (Å²) in [4.78, 5) is 13.3. The van der Waals surface area contributed by atoms with Crippen molar-refractivity contribution < 1.29 is 23.4 Å². The summed E-state index contributed by atoms with van der Waals surface area (Å²) in [6.07, 6.45) is -1.52. The van der Waals surface area contributed by atoms with Gasteiger partial charge in [0.15, 0.2) is 0 Å². The van der Waals surface area contributed by atoms with Crippen molar-refractivity contribution in [3.05, 3.63) is 47.8 Å². The summed E-state index contributed by atoms with van der Waals surface area (Å²) in [5, 5.41) is 32.7. The molecule has 8 nitrogen and oxygen atoms in total. The molecule has 1 aromatic heterocycles. The van der Waals surface area contributed by atoms with Crippen LogP contribution in [0.1, 0.15) is 31.4 Å². The fourth-order valence-corrected chi connectivity index (χ4v) is 3.16. The topological polar surface area (TPSA) is 118 Å². The number of amidine groups is 1. The number of aliphatic imine (C=N–C) groups is 1. The molecule has 2 heterocycles. The van der Waals surface area contributed by atoms with E-state index in [9.17, 15) is 23.4 Å². The van der Waals surface area contributed by atoms with Crippen molar-refractivity contribution in [1.29, 1.82) is 5.26 Å². The van der Waals surface area contributed by atoms with Crippen molar-refractivity contribution in [3.8, 4) is 6.07 Å². The summed E-state index contributed by atoms with van der Waals surface area (Å²) in [5.74, 6) is -2.03. The zero-order valence-corrected chi connectivity index (χ0v) is 16.1. The van der Waals surface area contributed by atoms with Crippen molar-refractivity contribution in [1.82, 2.24) is 9.97 Å². The molecule has 11 heteroatoms. The molecule has 0 spiro atoms. The van der Waals surface area contributed by atoms with Crippen LogP contribution in [0.15, 0.2) is 41.7 Å². The summed E-state index contributed by atoms with van der Waals surface area (Å²) in [6, 6.07) is 6.36. The highest BCUT2D eigenvalue weighted by Crippen LogP contribution is 2.41. The minimum absolute atomic E-state index is 0.0333. The zero-order valence-electron chi connectivity index (χ0n) is 16.1. The second-order valence-electron chi connectivity index (χ2n) is 7.15. The second-order valence-corrected chi connectivity index (χ2v) is 7.15. The molecule has 0 radical (unpaired) electrons. The van der Waals surface area contributed by atoms with Crippen LogP contribution in [0.2, 0.25) is 0 Å². The van der Waals surface area contributed by atoms with E-state index in [1.54, 1.807) is 18.5 Å². The smallest absolute Gasteiger partial charge is 0.354 e. The lowest BCUT2D eigenvalue weighted by molar-refractivity contribution is -0.185. The quantitative estimate of drug-likeness (QED) is 0.636. The van der Waals surface area contributed by atoms with Gasteiger partial charge in [0.05, 0.1) is 17.2 Å². The van der Waals surface area contributed by atoms with Crippen molar-refractivity contribution in [2.75, 3.05) is 16.8 Å². The number of nitriles is 1.